The highest BCUT2D eigenvalue weighted by Gasteiger charge is 2.15. The summed E-state index contributed by atoms with van der Waals surface area (Å²) < 4.78 is 2.47. The summed E-state index contributed by atoms with van der Waals surface area (Å²) in [5, 5.41) is 2.49. The second-order valence-electron chi connectivity index (χ2n) is 12.1. The highest BCUT2D eigenvalue weighted by molar-refractivity contribution is 7.25. The van der Waals surface area contributed by atoms with Crippen LogP contribution in [0.5, 0.6) is 0 Å². The lowest BCUT2D eigenvalue weighted by atomic mass is 9.98. The van der Waals surface area contributed by atoms with Crippen molar-refractivity contribution >= 4 is 31.5 Å². The van der Waals surface area contributed by atoms with Crippen LogP contribution < -0.4 is 0 Å². The minimum absolute atomic E-state index is 0.655. The number of benzene rings is 7. The predicted molar refractivity (Wildman–Crippen MR) is 205 cm³/mol. The van der Waals surface area contributed by atoms with E-state index < -0.39 is 0 Å². The van der Waals surface area contributed by atoms with Gasteiger partial charge in [-0.25, -0.2) is 15.0 Å². The highest BCUT2D eigenvalue weighted by Crippen LogP contribution is 2.39. The maximum Gasteiger partial charge on any atom is 0.164 e. The van der Waals surface area contributed by atoms with Gasteiger partial charge in [-0.3, -0.25) is 0 Å². The number of nitrogens with zero attached hydrogens (tertiary/aromatic N) is 3. The molecule has 2 heterocycles. The molecule has 4 heteroatoms. The fraction of sp³-hybridized carbons (Fsp3) is 0. The molecule has 0 saturated carbocycles. The van der Waals surface area contributed by atoms with E-state index in [9.17, 15) is 0 Å². The van der Waals surface area contributed by atoms with Crippen LogP contribution in [0.15, 0.2) is 176 Å². The summed E-state index contributed by atoms with van der Waals surface area (Å²) in [5.41, 5.74) is 10.1. The van der Waals surface area contributed by atoms with Crippen LogP contribution in [0.25, 0.3) is 87.7 Å². The normalized spacial score (nSPS) is 11.3. The molecule has 7 aromatic carbocycles. The molecule has 0 unspecified atom stereocenters. The van der Waals surface area contributed by atoms with Crippen molar-refractivity contribution in [3.05, 3.63) is 176 Å². The van der Waals surface area contributed by atoms with Gasteiger partial charge in [0.15, 0.2) is 17.5 Å². The van der Waals surface area contributed by atoms with Gasteiger partial charge in [0.1, 0.15) is 0 Å². The summed E-state index contributed by atoms with van der Waals surface area (Å²) in [6, 6.07) is 61.7. The molecule has 0 bridgehead atoms. The Bertz CT molecular complexity index is 2580. The van der Waals surface area contributed by atoms with E-state index in [-0.39, 0.29) is 0 Å². The van der Waals surface area contributed by atoms with Gasteiger partial charge in [-0.15, -0.1) is 11.3 Å². The first-order valence-corrected chi connectivity index (χ1v) is 17.2. The number of fused-ring (bicyclic) bond motifs is 3. The van der Waals surface area contributed by atoms with E-state index >= 15 is 0 Å². The molecule has 0 saturated heterocycles. The minimum atomic E-state index is 0.655. The molecule has 0 atom stereocenters. The molecule has 0 N–H and O–H groups in total. The van der Waals surface area contributed by atoms with Crippen molar-refractivity contribution in [2.45, 2.75) is 0 Å². The molecule has 0 amide bonds. The zero-order valence-electron chi connectivity index (χ0n) is 26.5. The van der Waals surface area contributed by atoms with E-state index in [4.69, 9.17) is 15.0 Å². The standard InChI is InChI=1S/C45H29N3S/c1-4-11-30(12-5-1)32-19-21-34(22-20-32)44-46-43(33-15-8-3-9-16-33)47-45(48-44)38-23-25-39-40-28-37(24-26-41(40)49-42(39)29-38)36-18-10-17-35(27-36)31-13-6-2-7-14-31/h1-29H. The summed E-state index contributed by atoms with van der Waals surface area (Å²) >= 11 is 1.80. The van der Waals surface area contributed by atoms with Gasteiger partial charge < -0.3 is 0 Å². The Kier molecular flexibility index (Phi) is 7.34. The number of thiophene rings is 1. The van der Waals surface area contributed by atoms with E-state index in [1.54, 1.807) is 11.3 Å². The van der Waals surface area contributed by atoms with Gasteiger partial charge in [0.05, 0.1) is 0 Å². The molecule has 0 aliphatic carbocycles. The Labute approximate surface area is 288 Å². The van der Waals surface area contributed by atoms with Crippen molar-refractivity contribution < 1.29 is 0 Å². The third-order valence-corrected chi connectivity index (χ3v) is 10.1. The average molecular weight is 644 g/mol. The fourth-order valence-corrected chi connectivity index (χ4v) is 7.52. The molecule has 2 aromatic heterocycles. The number of hydrogen-bond donors (Lipinski definition) is 0. The lowest BCUT2D eigenvalue weighted by Gasteiger charge is -2.09. The van der Waals surface area contributed by atoms with Gasteiger partial charge in [0.25, 0.3) is 0 Å². The van der Waals surface area contributed by atoms with Crippen molar-refractivity contribution in [2.24, 2.45) is 0 Å². The maximum absolute atomic E-state index is 5.03. The van der Waals surface area contributed by atoms with E-state index in [2.05, 4.69) is 140 Å². The van der Waals surface area contributed by atoms with Crippen molar-refractivity contribution in [1.82, 2.24) is 15.0 Å². The molecule has 230 valence electrons. The lowest BCUT2D eigenvalue weighted by molar-refractivity contribution is 1.07. The van der Waals surface area contributed by atoms with Crippen molar-refractivity contribution in [1.29, 1.82) is 0 Å². The van der Waals surface area contributed by atoms with Gasteiger partial charge in [-0.05, 0) is 57.6 Å². The van der Waals surface area contributed by atoms with Gasteiger partial charge in [0.2, 0.25) is 0 Å². The predicted octanol–water partition coefficient (Wildman–Crippen LogP) is 12.2. The zero-order valence-corrected chi connectivity index (χ0v) is 27.3. The SMILES string of the molecule is c1ccc(-c2ccc(-c3nc(-c4ccccc4)nc(-c4ccc5c(c4)sc4ccc(-c6cccc(-c7ccccc7)c6)cc45)n3)cc2)cc1. The third kappa shape index (κ3) is 5.69. The van der Waals surface area contributed by atoms with Crippen LogP contribution >= 0.6 is 11.3 Å². The molecule has 0 spiro atoms. The van der Waals surface area contributed by atoms with Gasteiger partial charge in [-0.2, -0.15) is 0 Å². The topological polar surface area (TPSA) is 38.7 Å². The van der Waals surface area contributed by atoms with Crippen LogP contribution in [-0.4, -0.2) is 15.0 Å². The van der Waals surface area contributed by atoms with E-state index in [0.717, 1.165) is 22.3 Å². The molecular weight excluding hydrogens is 615 g/mol. The highest BCUT2D eigenvalue weighted by atomic mass is 32.1. The largest absolute Gasteiger partial charge is 0.208 e. The Morgan fingerprint density at radius 3 is 1.35 bits per heavy atom. The Balaban J connectivity index is 1.11. The zero-order chi connectivity index (χ0) is 32.6. The van der Waals surface area contributed by atoms with Crippen molar-refractivity contribution in [3.63, 3.8) is 0 Å². The molecular formula is C45H29N3S. The number of hydrogen-bond acceptors (Lipinski definition) is 4. The molecule has 0 aliphatic heterocycles. The quantitative estimate of drug-likeness (QED) is 0.181. The van der Waals surface area contributed by atoms with E-state index in [0.29, 0.717) is 17.5 Å². The van der Waals surface area contributed by atoms with Gasteiger partial charge >= 0.3 is 0 Å². The first-order valence-electron chi connectivity index (χ1n) is 16.4. The Morgan fingerprint density at radius 1 is 0.265 bits per heavy atom. The molecule has 0 radical (unpaired) electrons. The van der Waals surface area contributed by atoms with Crippen LogP contribution in [0, 0.1) is 0 Å². The summed E-state index contributed by atoms with van der Waals surface area (Å²) in [4.78, 5) is 15.0. The summed E-state index contributed by atoms with van der Waals surface area (Å²) in [7, 11) is 0. The average Bonchev–Trinajstić information content (AvgIpc) is 3.56. The molecule has 9 aromatic rings. The molecule has 0 fully saturated rings. The van der Waals surface area contributed by atoms with Crippen LogP contribution in [0.1, 0.15) is 0 Å². The number of rotatable bonds is 6. The summed E-state index contributed by atoms with van der Waals surface area (Å²) in [5.74, 6) is 1.97. The van der Waals surface area contributed by atoms with Gasteiger partial charge in [0, 0.05) is 36.9 Å². The second kappa shape index (κ2) is 12.4. The maximum atomic E-state index is 5.03. The van der Waals surface area contributed by atoms with E-state index in [1.807, 2.05) is 36.4 Å². The van der Waals surface area contributed by atoms with Gasteiger partial charge in [-0.1, -0.05) is 152 Å². The van der Waals surface area contributed by atoms with Crippen LogP contribution in [0.3, 0.4) is 0 Å². The van der Waals surface area contributed by atoms with Crippen molar-refractivity contribution in [3.8, 4) is 67.5 Å². The first kappa shape index (κ1) is 29.0. The van der Waals surface area contributed by atoms with E-state index in [1.165, 1.54) is 48.0 Å². The first-order chi connectivity index (χ1) is 24.2. The molecule has 3 nitrogen and oxygen atoms in total. The minimum Gasteiger partial charge on any atom is -0.208 e. The fourth-order valence-electron chi connectivity index (χ4n) is 6.40. The lowest BCUT2D eigenvalue weighted by Crippen LogP contribution is -2.00. The monoisotopic (exact) mass is 643 g/mol. The van der Waals surface area contributed by atoms with Crippen LogP contribution in [0.4, 0.5) is 0 Å². The smallest absolute Gasteiger partial charge is 0.164 e. The van der Waals surface area contributed by atoms with Crippen LogP contribution in [0.2, 0.25) is 0 Å². The summed E-state index contributed by atoms with van der Waals surface area (Å²) in [6.07, 6.45) is 0. The Morgan fingerprint density at radius 2 is 0.694 bits per heavy atom. The number of aromatic nitrogens is 3. The van der Waals surface area contributed by atoms with Crippen LogP contribution in [-0.2, 0) is 0 Å². The van der Waals surface area contributed by atoms with Crippen molar-refractivity contribution in [2.75, 3.05) is 0 Å². The molecule has 49 heavy (non-hydrogen) atoms. The molecule has 9 rings (SSSR count). The third-order valence-electron chi connectivity index (χ3n) is 8.95. The summed E-state index contributed by atoms with van der Waals surface area (Å²) in [6.45, 7) is 0. The Hall–Kier alpha value is -6.23. The second-order valence-corrected chi connectivity index (χ2v) is 13.2. The molecule has 0 aliphatic rings.